The van der Waals surface area contributed by atoms with Gasteiger partial charge in [-0.05, 0) is 48.4 Å². The highest BCUT2D eigenvalue weighted by atomic mass is 35.5. The molecule has 2 aromatic rings. The van der Waals surface area contributed by atoms with E-state index in [0.29, 0.717) is 11.3 Å². The van der Waals surface area contributed by atoms with E-state index >= 15 is 0 Å². The van der Waals surface area contributed by atoms with Crippen LogP contribution in [0.1, 0.15) is 18.1 Å². The lowest BCUT2D eigenvalue weighted by Gasteiger charge is -2.08. The molecule has 0 radical (unpaired) electrons. The summed E-state index contributed by atoms with van der Waals surface area (Å²) in [5.74, 6) is 1.38. The Balaban J connectivity index is 2.26. The molecule has 2 nitrogen and oxygen atoms in total. The first-order valence-electron chi connectivity index (χ1n) is 5.69. The number of halogens is 1. The highest BCUT2D eigenvalue weighted by molar-refractivity contribution is 6.31. The van der Waals surface area contributed by atoms with Gasteiger partial charge in [0.05, 0.1) is 11.6 Å². The first-order chi connectivity index (χ1) is 8.72. The number of rotatable bonds is 3. The topological polar surface area (TPSA) is 33.0 Å². The molecule has 18 heavy (non-hydrogen) atoms. The molecule has 0 N–H and O–H groups in total. The molecule has 0 aliphatic heterocycles. The van der Waals surface area contributed by atoms with Gasteiger partial charge in [-0.15, -0.1) is 0 Å². The molecule has 0 saturated heterocycles. The lowest BCUT2D eigenvalue weighted by molar-refractivity contribution is 0.482. The van der Waals surface area contributed by atoms with Crippen LogP contribution in [-0.4, -0.2) is 0 Å². The van der Waals surface area contributed by atoms with Crippen LogP contribution in [-0.2, 0) is 6.42 Å². The fourth-order valence-electron chi connectivity index (χ4n) is 1.65. The summed E-state index contributed by atoms with van der Waals surface area (Å²) in [6.45, 7) is 2.04. The zero-order valence-corrected chi connectivity index (χ0v) is 10.7. The van der Waals surface area contributed by atoms with Crippen LogP contribution in [0, 0.1) is 11.3 Å². The van der Waals surface area contributed by atoms with E-state index in [1.54, 1.807) is 18.2 Å². The Hall–Kier alpha value is -1.98. The van der Waals surface area contributed by atoms with E-state index in [1.165, 1.54) is 0 Å². The minimum absolute atomic E-state index is 0.581. The standard InChI is InChI=1S/C15H12ClNO/c1-2-12-9-14(6-7-15(12)16)18-13-5-3-4-11(8-13)10-17/h3-9H,2H2,1H3. The second-order valence-electron chi connectivity index (χ2n) is 3.85. The number of hydrogen-bond donors (Lipinski definition) is 0. The van der Waals surface area contributed by atoms with Crippen LogP contribution in [0.5, 0.6) is 11.5 Å². The van der Waals surface area contributed by atoms with Gasteiger partial charge in [0.2, 0.25) is 0 Å². The van der Waals surface area contributed by atoms with Crippen molar-refractivity contribution in [2.45, 2.75) is 13.3 Å². The predicted octanol–water partition coefficient (Wildman–Crippen LogP) is 4.57. The molecule has 0 heterocycles. The lowest BCUT2D eigenvalue weighted by Crippen LogP contribution is -1.88. The van der Waals surface area contributed by atoms with Gasteiger partial charge in [0, 0.05) is 5.02 Å². The Kier molecular flexibility index (Phi) is 3.86. The number of nitrogens with zero attached hydrogens (tertiary/aromatic N) is 1. The maximum absolute atomic E-state index is 8.82. The number of hydrogen-bond acceptors (Lipinski definition) is 2. The number of aryl methyl sites for hydroxylation is 1. The van der Waals surface area contributed by atoms with Gasteiger partial charge >= 0.3 is 0 Å². The molecule has 90 valence electrons. The van der Waals surface area contributed by atoms with Crippen molar-refractivity contribution in [2.24, 2.45) is 0 Å². The minimum Gasteiger partial charge on any atom is -0.457 e. The maximum Gasteiger partial charge on any atom is 0.128 e. The Labute approximate surface area is 111 Å². The van der Waals surface area contributed by atoms with Gasteiger partial charge < -0.3 is 4.74 Å². The number of ether oxygens (including phenoxy) is 1. The largest absolute Gasteiger partial charge is 0.457 e. The van der Waals surface area contributed by atoms with Crippen LogP contribution < -0.4 is 4.74 Å². The number of nitriles is 1. The molecule has 0 fully saturated rings. The highest BCUT2D eigenvalue weighted by Gasteiger charge is 2.03. The van der Waals surface area contributed by atoms with Crippen molar-refractivity contribution in [3.63, 3.8) is 0 Å². The molecular weight excluding hydrogens is 246 g/mol. The van der Waals surface area contributed by atoms with Crippen molar-refractivity contribution in [3.8, 4) is 17.6 Å². The third-order valence-corrected chi connectivity index (χ3v) is 2.97. The van der Waals surface area contributed by atoms with Gasteiger partial charge in [-0.1, -0.05) is 24.6 Å². The van der Waals surface area contributed by atoms with Crippen LogP contribution in [0.25, 0.3) is 0 Å². The van der Waals surface area contributed by atoms with Crippen molar-refractivity contribution in [3.05, 3.63) is 58.6 Å². The van der Waals surface area contributed by atoms with Crippen molar-refractivity contribution in [2.75, 3.05) is 0 Å². The normalized spacial score (nSPS) is 9.83. The van der Waals surface area contributed by atoms with E-state index in [9.17, 15) is 0 Å². The molecule has 0 amide bonds. The van der Waals surface area contributed by atoms with Gasteiger partial charge in [0.15, 0.2) is 0 Å². The molecular formula is C15H12ClNO. The van der Waals surface area contributed by atoms with E-state index in [-0.39, 0.29) is 0 Å². The summed E-state index contributed by atoms with van der Waals surface area (Å²) in [7, 11) is 0. The molecule has 0 unspecified atom stereocenters. The summed E-state index contributed by atoms with van der Waals surface area (Å²) in [4.78, 5) is 0. The second kappa shape index (κ2) is 5.57. The molecule has 2 aromatic carbocycles. The monoisotopic (exact) mass is 257 g/mol. The van der Waals surface area contributed by atoms with Crippen LogP contribution in [0.4, 0.5) is 0 Å². The summed E-state index contributed by atoms with van der Waals surface area (Å²) in [5, 5.41) is 9.57. The second-order valence-corrected chi connectivity index (χ2v) is 4.26. The smallest absolute Gasteiger partial charge is 0.128 e. The van der Waals surface area contributed by atoms with Gasteiger partial charge in [0.1, 0.15) is 11.5 Å². The van der Waals surface area contributed by atoms with Gasteiger partial charge in [-0.2, -0.15) is 5.26 Å². The van der Waals surface area contributed by atoms with E-state index in [4.69, 9.17) is 21.6 Å². The Morgan fingerprint density at radius 2 is 1.94 bits per heavy atom. The molecule has 0 aliphatic rings. The van der Waals surface area contributed by atoms with Crippen LogP contribution >= 0.6 is 11.6 Å². The fourth-order valence-corrected chi connectivity index (χ4v) is 1.90. The first kappa shape index (κ1) is 12.5. The van der Waals surface area contributed by atoms with E-state index in [1.807, 2.05) is 31.2 Å². The van der Waals surface area contributed by atoms with E-state index in [0.717, 1.165) is 22.8 Å². The van der Waals surface area contributed by atoms with Gasteiger partial charge in [-0.3, -0.25) is 0 Å². The molecule has 0 aliphatic carbocycles. The maximum atomic E-state index is 8.82. The Morgan fingerprint density at radius 3 is 2.67 bits per heavy atom. The zero-order valence-electron chi connectivity index (χ0n) is 9.98. The molecule has 0 aromatic heterocycles. The SMILES string of the molecule is CCc1cc(Oc2cccc(C#N)c2)ccc1Cl. The summed E-state index contributed by atoms with van der Waals surface area (Å²) < 4.78 is 5.71. The summed E-state index contributed by atoms with van der Waals surface area (Å²) in [5.41, 5.74) is 1.63. The highest BCUT2D eigenvalue weighted by Crippen LogP contribution is 2.27. The van der Waals surface area contributed by atoms with Crippen molar-refractivity contribution >= 4 is 11.6 Å². The summed E-state index contributed by atoms with van der Waals surface area (Å²) >= 11 is 6.05. The quantitative estimate of drug-likeness (QED) is 0.807. The van der Waals surface area contributed by atoms with Crippen LogP contribution in [0.3, 0.4) is 0 Å². The van der Waals surface area contributed by atoms with E-state index in [2.05, 4.69) is 6.07 Å². The van der Waals surface area contributed by atoms with Crippen LogP contribution in [0.2, 0.25) is 5.02 Å². The van der Waals surface area contributed by atoms with Crippen LogP contribution in [0.15, 0.2) is 42.5 Å². The zero-order chi connectivity index (χ0) is 13.0. The first-order valence-corrected chi connectivity index (χ1v) is 6.07. The summed E-state index contributed by atoms with van der Waals surface area (Å²) in [6, 6.07) is 14.7. The minimum atomic E-state index is 0.581. The molecule has 3 heteroatoms. The predicted molar refractivity (Wildman–Crippen MR) is 72.1 cm³/mol. The molecule has 2 rings (SSSR count). The Bertz CT molecular complexity index is 602. The summed E-state index contributed by atoms with van der Waals surface area (Å²) in [6.07, 6.45) is 0.855. The third-order valence-electron chi connectivity index (χ3n) is 2.60. The average molecular weight is 258 g/mol. The third kappa shape index (κ3) is 2.82. The fraction of sp³-hybridized carbons (Fsp3) is 0.133. The van der Waals surface area contributed by atoms with Crippen molar-refractivity contribution in [1.82, 2.24) is 0 Å². The van der Waals surface area contributed by atoms with Gasteiger partial charge in [-0.25, -0.2) is 0 Å². The number of benzene rings is 2. The molecule has 0 bridgehead atoms. The molecule has 0 spiro atoms. The van der Waals surface area contributed by atoms with Gasteiger partial charge in [0.25, 0.3) is 0 Å². The molecule has 0 atom stereocenters. The van der Waals surface area contributed by atoms with Crippen molar-refractivity contribution in [1.29, 1.82) is 5.26 Å². The van der Waals surface area contributed by atoms with Crippen molar-refractivity contribution < 1.29 is 4.74 Å². The lowest BCUT2D eigenvalue weighted by atomic mass is 10.1. The Morgan fingerprint density at radius 1 is 1.17 bits per heavy atom. The average Bonchev–Trinajstić information content (AvgIpc) is 2.41. The molecule has 0 saturated carbocycles. The van der Waals surface area contributed by atoms with E-state index < -0.39 is 0 Å².